The summed E-state index contributed by atoms with van der Waals surface area (Å²) in [4.78, 5) is 4.10. The third-order valence-corrected chi connectivity index (χ3v) is 2.77. The van der Waals surface area contributed by atoms with Crippen LogP contribution in [0.25, 0.3) is 0 Å². The molecule has 2 rings (SSSR count). The predicted molar refractivity (Wildman–Crippen MR) is 50.5 cm³/mol. The van der Waals surface area contributed by atoms with Crippen LogP contribution in [-0.2, 0) is 19.9 Å². The number of hydrogen-bond acceptors (Lipinski definition) is 3. The number of fused-ring (bicyclic) bond motifs is 1. The molecule has 0 spiro atoms. The normalized spacial score (nSPS) is 14.8. The summed E-state index contributed by atoms with van der Waals surface area (Å²) in [7, 11) is 1.96. The average Bonchev–Trinajstić information content (AvgIpc) is 2.48. The summed E-state index contributed by atoms with van der Waals surface area (Å²) < 4.78 is 2.56. The van der Waals surface area contributed by atoms with E-state index >= 15 is 0 Å². The molecule has 12 heavy (non-hydrogen) atoms. The molecule has 0 amide bonds. The Morgan fingerprint density at radius 2 is 2.25 bits per heavy atom. The smallest absolute Gasteiger partial charge is 0.201 e. The van der Waals surface area contributed by atoms with Crippen LogP contribution >= 0.6 is 12.2 Å². The maximum Gasteiger partial charge on any atom is 0.201 e. The Hall–Kier alpha value is -0.900. The molecule has 3 nitrogen and oxygen atoms in total. The molecule has 1 aliphatic rings. The van der Waals surface area contributed by atoms with Crippen molar-refractivity contribution in [1.29, 1.82) is 0 Å². The highest BCUT2D eigenvalue weighted by Gasteiger charge is 2.16. The Kier molecular flexibility index (Phi) is 1.65. The van der Waals surface area contributed by atoms with Gasteiger partial charge in [-0.15, -0.1) is 0 Å². The van der Waals surface area contributed by atoms with Crippen molar-refractivity contribution in [2.45, 2.75) is 19.3 Å². The van der Waals surface area contributed by atoms with E-state index in [-0.39, 0.29) is 0 Å². The largest absolute Gasteiger partial charge is 0.383 e. The van der Waals surface area contributed by atoms with Gasteiger partial charge >= 0.3 is 0 Å². The molecule has 1 heterocycles. The fraction of sp³-hybridized carbons (Fsp3) is 0.500. The minimum absolute atomic E-state index is 0.591. The Morgan fingerprint density at radius 3 is 3.00 bits per heavy atom. The number of anilines is 1. The summed E-state index contributed by atoms with van der Waals surface area (Å²) in [6, 6.07) is 0. The fourth-order valence-corrected chi connectivity index (χ4v) is 1.94. The summed E-state index contributed by atoms with van der Waals surface area (Å²) in [6.45, 7) is 0. The van der Waals surface area contributed by atoms with Gasteiger partial charge in [-0.25, -0.2) is 4.98 Å². The molecule has 0 aliphatic heterocycles. The fourth-order valence-electron chi connectivity index (χ4n) is 1.73. The van der Waals surface area contributed by atoms with Crippen LogP contribution in [0.15, 0.2) is 0 Å². The SMILES string of the molecule is Cn1c2c(c(N)nc1=S)CCC2. The van der Waals surface area contributed by atoms with Gasteiger partial charge in [0, 0.05) is 18.3 Å². The Labute approximate surface area is 76.2 Å². The molecule has 0 atom stereocenters. The number of nitrogens with zero attached hydrogens (tertiary/aromatic N) is 2. The van der Waals surface area contributed by atoms with E-state index in [1.54, 1.807) is 0 Å². The summed E-state index contributed by atoms with van der Waals surface area (Å²) >= 11 is 5.05. The molecule has 2 N–H and O–H groups in total. The quantitative estimate of drug-likeness (QED) is 0.612. The van der Waals surface area contributed by atoms with Crippen LogP contribution in [0, 0.1) is 4.77 Å². The van der Waals surface area contributed by atoms with E-state index in [2.05, 4.69) is 4.98 Å². The zero-order chi connectivity index (χ0) is 8.72. The maximum atomic E-state index is 5.75. The van der Waals surface area contributed by atoms with E-state index in [1.807, 2.05) is 11.6 Å². The third-order valence-electron chi connectivity index (χ3n) is 2.41. The highest BCUT2D eigenvalue weighted by molar-refractivity contribution is 7.71. The standard InChI is InChI=1S/C8H11N3S/c1-11-6-4-2-3-5(6)7(9)10-8(11)12/h2-4H2,1H3,(H2,9,10,12). The molecular formula is C8H11N3S. The van der Waals surface area contributed by atoms with Crippen molar-refractivity contribution in [2.24, 2.45) is 7.05 Å². The first-order valence-corrected chi connectivity index (χ1v) is 4.45. The minimum atomic E-state index is 0.591. The summed E-state index contributed by atoms with van der Waals surface area (Å²) in [5.41, 5.74) is 8.22. The van der Waals surface area contributed by atoms with Crippen LogP contribution < -0.4 is 5.73 Å². The van der Waals surface area contributed by atoms with Gasteiger partial charge in [0.15, 0.2) is 0 Å². The average molecular weight is 181 g/mol. The van der Waals surface area contributed by atoms with Crippen molar-refractivity contribution >= 4 is 18.0 Å². The second kappa shape index (κ2) is 2.55. The van der Waals surface area contributed by atoms with Gasteiger partial charge < -0.3 is 10.3 Å². The second-order valence-electron chi connectivity index (χ2n) is 3.12. The van der Waals surface area contributed by atoms with Crippen molar-refractivity contribution in [3.8, 4) is 0 Å². The maximum absolute atomic E-state index is 5.75. The van der Waals surface area contributed by atoms with Gasteiger partial charge in [0.25, 0.3) is 0 Å². The summed E-state index contributed by atoms with van der Waals surface area (Å²) in [5, 5.41) is 0. The molecule has 0 bridgehead atoms. The van der Waals surface area contributed by atoms with Crippen molar-refractivity contribution in [3.05, 3.63) is 16.0 Å². The predicted octanol–water partition coefficient (Wildman–Crippen LogP) is 1.22. The molecule has 4 heteroatoms. The molecule has 0 saturated heterocycles. The summed E-state index contributed by atoms with van der Waals surface area (Å²) in [5.74, 6) is 0.630. The second-order valence-corrected chi connectivity index (χ2v) is 3.48. The highest BCUT2D eigenvalue weighted by atomic mass is 32.1. The van der Waals surface area contributed by atoms with E-state index < -0.39 is 0 Å². The zero-order valence-electron chi connectivity index (χ0n) is 7.00. The number of hydrogen-bond donors (Lipinski definition) is 1. The lowest BCUT2D eigenvalue weighted by Crippen LogP contribution is -2.07. The molecule has 0 saturated carbocycles. The van der Waals surface area contributed by atoms with Crippen molar-refractivity contribution < 1.29 is 0 Å². The van der Waals surface area contributed by atoms with E-state index in [9.17, 15) is 0 Å². The van der Waals surface area contributed by atoms with Crippen LogP contribution in [0.4, 0.5) is 5.82 Å². The molecule has 0 fully saturated rings. The lowest BCUT2D eigenvalue weighted by atomic mass is 10.2. The Morgan fingerprint density at radius 1 is 1.50 bits per heavy atom. The molecule has 1 aliphatic carbocycles. The van der Waals surface area contributed by atoms with Crippen molar-refractivity contribution in [3.63, 3.8) is 0 Å². The minimum Gasteiger partial charge on any atom is -0.383 e. The van der Waals surface area contributed by atoms with Crippen LogP contribution in [0.3, 0.4) is 0 Å². The number of rotatable bonds is 0. The molecule has 0 unspecified atom stereocenters. The molecular weight excluding hydrogens is 170 g/mol. The molecule has 1 aromatic heterocycles. The number of nitrogen functional groups attached to an aromatic ring is 1. The molecule has 64 valence electrons. The zero-order valence-corrected chi connectivity index (χ0v) is 7.82. The first kappa shape index (κ1) is 7.73. The third kappa shape index (κ3) is 0.948. The van der Waals surface area contributed by atoms with Crippen molar-refractivity contribution in [2.75, 3.05) is 5.73 Å². The number of aromatic nitrogens is 2. The first-order valence-electron chi connectivity index (χ1n) is 4.04. The van der Waals surface area contributed by atoms with Gasteiger partial charge in [-0.2, -0.15) is 0 Å². The first-order chi connectivity index (χ1) is 5.70. The highest BCUT2D eigenvalue weighted by Crippen LogP contribution is 2.24. The van der Waals surface area contributed by atoms with Crippen LogP contribution in [0.5, 0.6) is 0 Å². The van der Waals surface area contributed by atoms with Gasteiger partial charge in [0.1, 0.15) is 5.82 Å². The van der Waals surface area contributed by atoms with E-state index in [4.69, 9.17) is 18.0 Å². The van der Waals surface area contributed by atoms with E-state index in [1.165, 1.54) is 17.7 Å². The Bertz CT molecular complexity index is 381. The van der Waals surface area contributed by atoms with Crippen LogP contribution in [0.1, 0.15) is 17.7 Å². The van der Waals surface area contributed by atoms with Crippen LogP contribution in [-0.4, -0.2) is 9.55 Å². The van der Waals surface area contributed by atoms with Gasteiger partial charge in [-0.3, -0.25) is 0 Å². The van der Waals surface area contributed by atoms with Gasteiger partial charge in [-0.1, -0.05) is 0 Å². The van der Waals surface area contributed by atoms with Gasteiger partial charge in [-0.05, 0) is 31.5 Å². The summed E-state index contributed by atoms with van der Waals surface area (Å²) in [6.07, 6.45) is 3.31. The monoisotopic (exact) mass is 181 g/mol. The molecule has 1 aromatic rings. The van der Waals surface area contributed by atoms with Crippen molar-refractivity contribution in [1.82, 2.24) is 9.55 Å². The van der Waals surface area contributed by atoms with E-state index in [0.717, 1.165) is 12.8 Å². The Balaban J connectivity index is 2.78. The van der Waals surface area contributed by atoms with Crippen LogP contribution in [0.2, 0.25) is 0 Å². The molecule has 0 radical (unpaired) electrons. The molecule has 0 aromatic carbocycles. The van der Waals surface area contributed by atoms with E-state index in [0.29, 0.717) is 10.6 Å². The number of nitrogens with two attached hydrogens (primary N) is 1. The van der Waals surface area contributed by atoms with Gasteiger partial charge in [0.05, 0.1) is 0 Å². The lowest BCUT2D eigenvalue weighted by Gasteiger charge is -2.08. The lowest BCUT2D eigenvalue weighted by molar-refractivity contribution is 0.773. The topological polar surface area (TPSA) is 43.8 Å². The van der Waals surface area contributed by atoms with Gasteiger partial charge in [0.2, 0.25) is 4.77 Å².